The lowest BCUT2D eigenvalue weighted by molar-refractivity contribution is 0.490. The van der Waals surface area contributed by atoms with Crippen molar-refractivity contribution < 1.29 is 0 Å². The number of thiophene rings is 1. The molecule has 0 aliphatic rings. The molecule has 3 heteroatoms. The standard InChI is InChI=1S/C13H14BrNS/c1-13(15,8-10-6-7-16-9-10)11-4-2-3-5-12(11)14/h2-7,9H,8,15H2,1H3. The summed E-state index contributed by atoms with van der Waals surface area (Å²) in [4.78, 5) is 0. The lowest BCUT2D eigenvalue weighted by Crippen LogP contribution is -2.35. The first-order valence-electron chi connectivity index (χ1n) is 5.14. The van der Waals surface area contributed by atoms with Crippen LogP contribution < -0.4 is 5.73 Å². The molecule has 16 heavy (non-hydrogen) atoms. The molecule has 0 aliphatic carbocycles. The summed E-state index contributed by atoms with van der Waals surface area (Å²) in [5.74, 6) is 0. The second-order valence-corrected chi connectivity index (χ2v) is 5.84. The lowest BCUT2D eigenvalue weighted by Gasteiger charge is -2.26. The summed E-state index contributed by atoms with van der Waals surface area (Å²) in [5, 5.41) is 4.24. The second kappa shape index (κ2) is 4.70. The van der Waals surface area contributed by atoms with Crippen LogP contribution in [0.4, 0.5) is 0 Å². The van der Waals surface area contributed by atoms with Crippen molar-refractivity contribution in [1.29, 1.82) is 0 Å². The molecule has 0 spiro atoms. The first kappa shape index (κ1) is 11.8. The summed E-state index contributed by atoms with van der Waals surface area (Å²) in [6.45, 7) is 2.07. The van der Waals surface area contributed by atoms with Crippen LogP contribution in [0.1, 0.15) is 18.1 Å². The van der Waals surface area contributed by atoms with E-state index in [1.165, 1.54) is 5.56 Å². The Hall–Kier alpha value is -0.640. The van der Waals surface area contributed by atoms with Gasteiger partial charge in [0.05, 0.1) is 0 Å². The average Bonchev–Trinajstić information content (AvgIpc) is 2.70. The monoisotopic (exact) mass is 295 g/mol. The molecule has 84 valence electrons. The van der Waals surface area contributed by atoms with Crippen LogP contribution in [-0.4, -0.2) is 0 Å². The van der Waals surface area contributed by atoms with Crippen molar-refractivity contribution in [3.05, 3.63) is 56.7 Å². The van der Waals surface area contributed by atoms with E-state index in [2.05, 4.69) is 45.7 Å². The van der Waals surface area contributed by atoms with Crippen molar-refractivity contribution in [2.75, 3.05) is 0 Å². The fourth-order valence-corrected chi connectivity index (χ4v) is 3.24. The van der Waals surface area contributed by atoms with E-state index < -0.39 is 0 Å². The molecule has 0 saturated heterocycles. The van der Waals surface area contributed by atoms with Gasteiger partial charge in [-0.2, -0.15) is 11.3 Å². The molecule has 0 saturated carbocycles. The Kier molecular flexibility index (Phi) is 3.47. The third-order valence-electron chi connectivity index (χ3n) is 2.64. The van der Waals surface area contributed by atoms with Crippen LogP contribution in [0.15, 0.2) is 45.6 Å². The molecule has 0 aliphatic heterocycles. The minimum Gasteiger partial charge on any atom is -0.321 e. The maximum Gasteiger partial charge on any atom is 0.0433 e. The van der Waals surface area contributed by atoms with E-state index >= 15 is 0 Å². The Labute approximate surface area is 108 Å². The quantitative estimate of drug-likeness (QED) is 0.912. The minimum absolute atomic E-state index is 0.332. The molecular weight excluding hydrogens is 282 g/mol. The molecule has 1 unspecified atom stereocenters. The van der Waals surface area contributed by atoms with Crippen LogP contribution in [0.2, 0.25) is 0 Å². The summed E-state index contributed by atoms with van der Waals surface area (Å²) in [7, 11) is 0. The molecule has 2 aromatic rings. The molecule has 2 N–H and O–H groups in total. The van der Waals surface area contributed by atoms with Gasteiger partial charge in [-0.05, 0) is 47.4 Å². The molecule has 1 aromatic carbocycles. The zero-order chi connectivity index (χ0) is 11.6. The van der Waals surface area contributed by atoms with Gasteiger partial charge in [0.15, 0.2) is 0 Å². The Bertz CT molecular complexity index is 463. The van der Waals surface area contributed by atoms with Gasteiger partial charge in [0.1, 0.15) is 0 Å². The Balaban J connectivity index is 2.28. The highest BCUT2D eigenvalue weighted by molar-refractivity contribution is 9.10. The average molecular weight is 296 g/mol. The van der Waals surface area contributed by atoms with Gasteiger partial charge in [0.25, 0.3) is 0 Å². The smallest absolute Gasteiger partial charge is 0.0433 e. The van der Waals surface area contributed by atoms with Crippen molar-refractivity contribution in [2.24, 2.45) is 5.73 Å². The van der Waals surface area contributed by atoms with E-state index in [0.717, 1.165) is 16.5 Å². The molecule has 0 radical (unpaired) electrons. The lowest BCUT2D eigenvalue weighted by atomic mass is 9.87. The van der Waals surface area contributed by atoms with Gasteiger partial charge < -0.3 is 5.73 Å². The van der Waals surface area contributed by atoms with E-state index in [9.17, 15) is 0 Å². The van der Waals surface area contributed by atoms with Crippen LogP contribution in [0.5, 0.6) is 0 Å². The van der Waals surface area contributed by atoms with Crippen LogP contribution in [0.3, 0.4) is 0 Å². The third-order valence-corrected chi connectivity index (χ3v) is 4.06. The zero-order valence-electron chi connectivity index (χ0n) is 9.11. The van der Waals surface area contributed by atoms with Crippen molar-refractivity contribution in [3.63, 3.8) is 0 Å². The SMILES string of the molecule is CC(N)(Cc1ccsc1)c1ccccc1Br. The van der Waals surface area contributed by atoms with E-state index in [1.807, 2.05) is 18.2 Å². The van der Waals surface area contributed by atoms with Gasteiger partial charge in [-0.25, -0.2) is 0 Å². The van der Waals surface area contributed by atoms with Gasteiger partial charge >= 0.3 is 0 Å². The van der Waals surface area contributed by atoms with Crippen molar-refractivity contribution >= 4 is 27.3 Å². The van der Waals surface area contributed by atoms with Gasteiger partial charge in [-0.3, -0.25) is 0 Å². The maximum absolute atomic E-state index is 6.40. The molecule has 0 amide bonds. The molecule has 1 aromatic heterocycles. The summed E-state index contributed by atoms with van der Waals surface area (Å²) >= 11 is 5.27. The zero-order valence-corrected chi connectivity index (χ0v) is 11.5. The molecule has 1 nitrogen and oxygen atoms in total. The Morgan fingerprint density at radius 3 is 2.69 bits per heavy atom. The van der Waals surface area contributed by atoms with Gasteiger partial charge in [0, 0.05) is 10.0 Å². The number of rotatable bonds is 3. The second-order valence-electron chi connectivity index (χ2n) is 4.21. The summed E-state index contributed by atoms with van der Waals surface area (Å²) < 4.78 is 1.08. The van der Waals surface area contributed by atoms with E-state index in [1.54, 1.807) is 11.3 Å². The first-order valence-corrected chi connectivity index (χ1v) is 6.88. The van der Waals surface area contributed by atoms with E-state index in [-0.39, 0.29) is 5.54 Å². The van der Waals surface area contributed by atoms with Crippen molar-refractivity contribution in [2.45, 2.75) is 18.9 Å². The molecule has 1 heterocycles. The van der Waals surface area contributed by atoms with Crippen LogP contribution >= 0.6 is 27.3 Å². The third kappa shape index (κ3) is 2.54. The fourth-order valence-electron chi connectivity index (χ4n) is 1.84. The highest BCUT2D eigenvalue weighted by Gasteiger charge is 2.23. The first-order chi connectivity index (χ1) is 7.59. The summed E-state index contributed by atoms with van der Waals surface area (Å²) in [6.07, 6.45) is 0.860. The number of benzene rings is 1. The maximum atomic E-state index is 6.40. The van der Waals surface area contributed by atoms with Gasteiger partial charge in [0.2, 0.25) is 0 Å². The van der Waals surface area contributed by atoms with Gasteiger partial charge in [-0.1, -0.05) is 34.1 Å². The van der Waals surface area contributed by atoms with E-state index in [4.69, 9.17) is 5.73 Å². The predicted molar refractivity (Wildman–Crippen MR) is 73.7 cm³/mol. The predicted octanol–water partition coefficient (Wildman–Crippen LogP) is 3.93. The number of nitrogens with two attached hydrogens (primary N) is 1. The molecule has 0 bridgehead atoms. The molecular formula is C13H14BrNS. The molecule has 2 rings (SSSR count). The highest BCUT2D eigenvalue weighted by Crippen LogP contribution is 2.29. The normalized spacial score (nSPS) is 14.7. The van der Waals surface area contributed by atoms with E-state index in [0.29, 0.717) is 0 Å². The van der Waals surface area contributed by atoms with Crippen LogP contribution in [0.25, 0.3) is 0 Å². The summed E-state index contributed by atoms with van der Waals surface area (Å²) in [6, 6.07) is 10.3. The minimum atomic E-state index is -0.332. The topological polar surface area (TPSA) is 26.0 Å². The van der Waals surface area contributed by atoms with Crippen molar-refractivity contribution in [1.82, 2.24) is 0 Å². The van der Waals surface area contributed by atoms with Gasteiger partial charge in [-0.15, -0.1) is 0 Å². The van der Waals surface area contributed by atoms with Crippen LogP contribution in [-0.2, 0) is 12.0 Å². The fraction of sp³-hybridized carbons (Fsp3) is 0.231. The number of hydrogen-bond acceptors (Lipinski definition) is 2. The Morgan fingerprint density at radius 2 is 2.06 bits per heavy atom. The van der Waals surface area contributed by atoms with Crippen molar-refractivity contribution in [3.8, 4) is 0 Å². The number of halogens is 1. The Morgan fingerprint density at radius 1 is 1.31 bits per heavy atom. The molecule has 0 fully saturated rings. The largest absolute Gasteiger partial charge is 0.321 e. The summed E-state index contributed by atoms with van der Waals surface area (Å²) in [5.41, 5.74) is 8.52. The van der Waals surface area contributed by atoms with Crippen LogP contribution in [0, 0.1) is 0 Å². The highest BCUT2D eigenvalue weighted by atomic mass is 79.9. The molecule has 1 atom stereocenters. The number of hydrogen-bond donors (Lipinski definition) is 1.